The van der Waals surface area contributed by atoms with E-state index in [1.807, 2.05) is 18.3 Å². The van der Waals surface area contributed by atoms with E-state index in [0.29, 0.717) is 44.5 Å². The average molecular weight is 667 g/mol. The fourth-order valence-corrected chi connectivity index (χ4v) is 6.65. The first-order valence-electron chi connectivity index (χ1n) is 16.5. The minimum Gasteiger partial charge on any atom is -0.406 e. The Labute approximate surface area is 277 Å². The van der Waals surface area contributed by atoms with Crippen molar-refractivity contribution in [2.45, 2.75) is 50.8 Å². The highest BCUT2D eigenvalue weighted by Crippen LogP contribution is 2.34. The number of aryl methyl sites for hydroxylation is 1. The van der Waals surface area contributed by atoms with Crippen molar-refractivity contribution in [1.29, 1.82) is 0 Å². The van der Waals surface area contributed by atoms with Gasteiger partial charge in [-0.05, 0) is 73.8 Å². The summed E-state index contributed by atoms with van der Waals surface area (Å²) < 4.78 is 58.8. The van der Waals surface area contributed by atoms with Crippen LogP contribution in [0.2, 0.25) is 0 Å². The van der Waals surface area contributed by atoms with Gasteiger partial charge in [0.25, 0.3) is 0 Å². The molecule has 48 heavy (non-hydrogen) atoms. The Morgan fingerprint density at radius 1 is 0.938 bits per heavy atom. The number of piperazine rings is 1. The highest BCUT2D eigenvalue weighted by atomic mass is 19.4. The molecule has 2 aliphatic heterocycles. The van der Waals surface area contributed by atoms with E-state index in [1.54, 1.807) is 18.2 Å². The van der Waals surface area contributed by atoms with Crippen LogP contribution in [0.5, 0.6) is 5.75 Å². The third kappa shape index (κ3) is 8.35. The first kappa shape index (κ1) is 33.9. The minimum atomic E-state index is -4.76. The summed E-state index contributed by atoms with van der Waals surface area (Å²) in [6.07, 6.45) is -0.858. The standard InChI is InChI=1S/C36H42F4N6O2/c37-32-5-2-1-4-28(32)24-45-20-18-44(19-21-45)23-26-6-11-33-30(22-26)31(27-7-9-29(10-8-27)48-36(38,39)40)25-46(33)17-3-14-43-34(47)35(41)12-15-42-16-13-35/h1-2,4-11,22,25,42H,3,12-21,23-24,41H2,(H,43,47). The number of hydrogen-bond acceptors (Lipinski definition) is 6. The van der Waals surface area contributed by atoms with Crippen LogP contribution in [-0.2, 0) is 24.4 Å². The summed E-state index contributed by atoms with van der Waals surface area (Å²) >= 11 is 0. The highest BCUT2D eigenvalue weighted by Gasteiger charge is 2.35. The summed E-state index contributed by atoms with van der Waals surface area (Å²) in [5.74, 6) is -0.572. The number of alkyl halides is 3. The lowest BCUT2D eigenvalue weighted by Crippen LogP contribution is -2.59. The SMILES string of the molecule is NC1(C(=O)NCCCn2cc(-c3ccc(OC(F)(F)F)cc3)c3cc(CN4CCN(Cc5ccccc5F)CC4)ccc32)CCNCC1. The molecule has 2 aliphatic rings. The number of nitrogens with zero attached hydrogens (tertiary/aromatic N) is 3. The zero-order valence-electron chi connectivity index (χ0n) is 26.9. The van der Waals surface area contributed by atoms with Crippen LogP contribution >= 0.6 is 0 Å². The van der Waals surface area contributed by atoms with E-state index in [4.69, 9.17) is 5.73 Å². The molecule has 0 spiro atoms. The maximum Gasteiger partial charge on any atom is 0.573 e. The Bertz CT molecular complexity index is 1690. The van der Waals surface area contributed by atoms with Crippen LogP contribution in [0.15, 0.2) is 72.9 Å². The number of aromatic nitrogens is 1. The second-order valence-electron chi connectivity index (χ2n) is 12.8. The molecule has 4 aromatic rings. The number of nitrogens with one attached hydrogen (secondary N) is 2. The number of carbonyl (C=O) groups excluding carboxylic acids is 1. The lowest BCUT2D eigenvalue weighted by molar-refractivity contribution is -0.274. The van der Waals surface area contributed by atoms with E-state index in [0.717, 1.165) is 73.4 Å². The topological polar surface area (TPSA) is 87.8 Å². The van der Waals surface area contributed by atoms with E-state index >= 15 is 0 Å². The number of rotatable bonds is 11. The molecule has 1 aromatic heterocycles. The van der Waals surface area contributed by atoms with Gasteiger partial charge in [-0.1, -0.05) is 36.4 Å². The number of fused-ring (bicyclic) bond motifs is 1. The number of amides is 1. The van der Waals surface area contributed by atoms with Crippen LogP contribution in [0, 0.1) is 5.82 Å². The summed E-state index contributed by atoms with van der Waals surface area (Å²) in [7, 11) is 0. The van der Waals surface area contributed by atoms with Gasteiger partial charge in [0.05, 0.1) is 5.54 Å². The van der Waals surface area contributed by atoms with E-state index < -0.39 is 11.9 Å². The van der Waals surface area contributed by atoms with Crippen LogP contribution in [0.1, 0.15) is 30.4 Å². The summed E-state index contributed by atoms with van der Waals surface area (Å²) in [4.78, 5) is 17.4. The van der Waals surface area contributed by atoms with Gasteiger partial charge < -0.3 is 25.7 Å². The van der Waals surface area contributed by atoms with Gasteiger partial charge in [-0.15, -0.1) is 13.2 Å². The highest BCUT2D eigenvalue weighted by molar-refractivity contribution is 5.96. The maximum absolute atomic E-state index is 14.2. The first-order valence-corrected chi connectivity index (χ1v) is 16.5. The Balaban J connectivity index is 1.15. The zero-order valence-corrected chi connectivity index (χ0v) is 26.9. The molecule has 4 N–H and O–H groups in total. The maximum atomic E-state index is 14.2. The number of benzene rings is 3. The molecular formula is C36H42F4N6O2. The number of nitrogens with two attached hydrogens (primary N) is 1. The Morgan fingerprint density at radius 3 is 2.31 bits per heavy atom. The van der Waals surface area contributed by atoms with Gasteiger partial charge in [-0.3, -0.25) is 14.6 Å². The van der Waals surface area contributed by atoms with Crippen molar-refractivity contribution in [3.8, 4) is 16.9 Å². The van der Waals surface area contributed by atoms with Crippen molar-refractivity contribution in [3.63, 3.8) is 0 Å². The lowest BCUT2D eigenvalue weighted by Gasteiger charge is -2.34. The molecule has 1 amide bonds. The second kappa shape index (κ2) is 14.7. The van der Waals surface area contributed by atoms with E-state index in [1.165, 1.54) is 18.2 Å². The van der Waals surface area contributed by atoms with Gasteiger partial charge >= 0.3 is 6.36 Å². The molecule has 3 aromatic carbocycles. The number of hydrogen-bond donors (Lipinski definition) is 3. The van der Waals surface area contributed by atoms with Gasteiger partial charge in [-0.2, -0.15) is 0 Å². The molecule has 0 atom stereocenters. The third-order valence-electron chi connectivity index (χ3n) is 9.38. The van der Waals surface area contributed by atoms with Crippen LogP contribution in [0.25, 0.3) is 22.0 Å². The molecule has 0 unspecified atom stereocenters. The average Bonchev–Trinajstić information content (AvgIpc) is 3.42. The molecule has 12 heteroatoms. The van der Waals surface area contributed by atoms with Gasteiger partial charge in [0.1, 0.15) is 11.6 Å². The molecule has 0 bridgehead atoms. The van der Waals surface area contributed by atoms with Crippen molar-refractivity contribution in [2.75, 3.05) is 45.8 Å². The molecule has 2 fully saturated rings. The van der Waals surface area contributed by atoms with Crippen molar-refractivity contribution in [2.24, 2.45) is 5.73 Å². The predicted molar refractivity (Wildman–Crippen MR) is 178 cm³/mol. The van der Waals surface area contributed by atoms with Crippen molar-refractivity contribution in [1.82, 2.24) is 25.0 Å². The van der Waals surface area contributed by atoms with Crippen LogP contribution in [-0.4, -0.2) is 78.0 Å². The van der Waals surface area contributed by atoms with Crippen LogP contribution < -0.4 is 21.1 Å². The van der Waals surface area contributed by atoms with Crippen LogP contribution in [0.4, 0.5) is 17.6 Å². The van der Waals surface area contributed by atoms with Gasteiger partial charge in [0.2, 0.25) is 5.91 Å². The summed E-state index contributed by atoms with van der Waals surface area (Å²) in [6, 6.07) is 19.2. The van der Waals surface area contributed by atoms with Crippen molar-refractivity contribution in [3.05, 3.63) is 89.9 Å². The molecule has 2 saturated heterocycles. The monoisotopic (exact) mass is 666 g/mol. The normalized spacial score (nSPS) is 17.4. The van der Waals surface area contributed by atoms with Crippen molar-refractivity contribution >= 4 is 16.8 Å². The van der Waals surface area contributed by atoms with Gasteiger partial charge in [0.15, 0.2) is 0 Å². The molecular weight excluding hydrogens is 624 g/mol. The molecule has 0 saturated carbocycles. The van der Waals surface area contributed by atoms with Crippen molar-refractivity contribution < 1.29 is 27.1 Å². The largest absolute Gasteiger partial charge is 0.573 e. The minimum absolute atomic E-state index is 0.124. The Hall–Kier alpha value is -3.97. The lowest BCUT2D eigenvalue weighted by atomic mass is 9.88. The van der Waals surface area contributed by atoms with E-state index in [2.05, 4.69) is 47.9 Å². The number of ether oxygens (including phenoxy) is 1. The molecule has 3 heterocycles. The molecule has 0 aliphatic carbocycles. The first-order chi connectivity index (χ1) is 23.1. The number of piperidine rings is 1. The molecule has 0 radical (unpaired) electrons. The second-order valence-corrected chi connectivity index (χ2v) is 12.8. The number of halogens is 4. The zero-order chi connectivity index (χ0) is 33.7. The Kier molecular flexibility index (Phi) is 10.4. The van der Waals surface area contributed by atoms with Gasteiger partial charge in [-0.25, -0.2) is 4.39 Å². The summed E-state index contributed by atoms with van der Waals surface area (Å²) in [6.45, 7) is 7.27. The fourth-order valence-electron chi connectivity index (χ4n) is 6.65. The number of carbonyl (C=O) groups is 1. The van der Waals surface area contributed by atoms with Crippen LogP contribution in [0.3, 0.4) is 0 Å². The predicted octanol–water partition coefficient (Wildman–Crippen LogP) is 5.25. The van der Waals surface area contributed by atoms with E-state index in [9.17, 15) is 22.4 Å². The smallest absolute Gasteiger partial charge is 0.406 e. The quantitative estimate of drug-likeness (QED) is 0.150. The third-order valence-corrected chi connectivity index (χ3v) is 9.38. The van der Waals surface area contributed by atoms with Gasteiger partial charge in [0, 0.05) is 80.6 Å². The molecule has 6 rings (SSSR count). The summed E-state index contributed by atoms with van der Waals surface area (Å²) in [5.41, 5.74) is 10.0. The fraction of sp³-hybridized carbons (Fsp3) is 0.417. The molecule has 8 nitrogen and oxygen atoms in total. The summed E-state index contributed by atoms with van der Waals surface area (Å²) in [5, 5.41) is 7.24. The Morgan fingerprint density at radius 2 is 1.62 bits per heavy atom. The van der Waals surface area contributed by atoms with E-state index in [-0.39, 0.29) is 17.5 Å². The molecule has 256 valence electrons.